The van der Waals surface area contributed by atoms with E-state index in [2.05, 4.69) is 24.4 Å². The SMILES string of the molecule is CC1CC1NC(c1ccc(O)cc1)c1ccc(Cl)cc1. The molecule has 3 atom stereocenters. The second-order valence-corrected chi connectivity index (χ2v) is 6.00. The van der Waals surface area contributed by atoms with E-state index in [0.717, 1.165) is 16.5 Å². The molecule has 0 bridgehead atoms. The summed E-state index contributed by atoms with van der Waals surface area (Å²) in [5.74, 6) is 1.03. The van der Waals surface area contributed by atoms with Crippen LogP contribution in [0.4, 0.5) is 0 Å². The second kappa shape index (κ2) is 5.47. The van der Waals surface area contributed by atoms with E-state index in [0.29, 0.717) is 11.8 Å². The molecule has 1 saturated carbocycles. The molecule has 0 radical (unpaired) electrons. The maximum absolute atomic E-state index is 9.44. The second-order valence-electron chi connectivity index (χ2n) is 5.56. The molecular formula is C17H18ClNO. The molecule has 2 nitrogen and oxygen atoms in total. The van der Waals surface area contributed by atoms with Crippen LogP contribution in [0.2, 0.25) is 5.02 Å². The van der Waals surface area contributed by atoms with Crippen molar-refractivity contribution in [2.75, 3.05) is 0 Å². The van der Waals surface area contributed by atoms with Gasteiger partial charge >= 0.3 is 0 Å². The molecule has 20 heavy (non-hydrogen) atoms. The molecule has 0 aliphatic heterocycles. The zero-order valence-electron chi connectivity index (χ0n) is 11.4. The van der Waals surface area contributed by atoms with Gasteiger partial charge in [0.1, 0.15) is 5.75 Å². The lowest BCUT2D eigenvalue weighted by Gasteiger charge is -2.20. The summed E-state index contributed by atoms with van der Waals surface area (Å²) in [6.45, 7) is 2.26. The highest BCUT2D eigenvalue weighted by Crippen LogP contribution is 2.34. The first kappa shape index (κ1) is 13.5. The Hall–Kier alpha value is -1.51. The summed E-state index contributed by atoms with van der Waals surface area (Å²) in [6, 6.07) is 16.1. The topological polar surface area (TPSA) is 32.3 Å². The third-order valence-corrected chi connectivity index (χ3v) is 4.17. The largest absolute Gasteiger partial charge is 0.508 e. The standard InChI is InChI=1S/C17H18ClNO/c1-11-10-16(11)19-17(12-2-6-14(18)7-3-12)13-4-8-15(20)9-5-13/h2-9,11,16-17,19-20H,10H2,1H3. The number of hydrogen-bond donors (Lipinski definition) is 2. The van der Waals surface area contributed by atoms with Gasteiger partial charge in [-0.3, -0.25) is 0 Å². The van der Waals surface area contributed by atoms with Gasteiger partial charge in [-0.1, -0.05) is 42.8 Å². The number of benzene rings is 2. The van der Waals surface area contributed by atoms with Crippen LogP contribution in [0.5, 0.6) is 5.75 Å². The maximum atomic E-state index is 9.44. The number of halogens is 1. The highest BCUT2D eigenvalue weighted by Gasteiger charge is 2.34. The number of hydrogen-bond acceptors (Lipinski definition) is 2. The summed E-state index contributed by atoms with van der Waals surface area (Å²) in [5, 5.41) is 13.9. The minimum absolute atomic E-state index is 0.141. The lowest BCUT2D eigenvalue weighted by Crippen LogP contribution is -2.25. The summed E-state index contributed by atoms with van der Waals surface area (Å²) < 4.78 is 0. The van der Waals surface area contributed by atoms with Crippen LogP contribution in [0.15, 0.2) is 48.5 Å². The molecular weight excluding hydrogens is 270 g/mol. The molecule has 0 amide bonds. The molecule has 3 heteroatoms. The minimum atomic E-state index is 0.141. The Bertz CT molecular complexity index is 533. The van der Waals surface area contributed by atoms with E-state index < -0.39 is 0 Å². The summed E-state index contributed by atoms with van der Waals surface area (Å²) in [4.78, 5) is 0. The van der Waals surface area contributed by atoms with Gasteiger partial charge in [-0.15, -0.1) is 0 Å². The van der Waals surface area contributed by atoms with Crippen LogP contribution in [0.3, 0.4) is 0 Å². The predicted molar refractivity (Wildman–Crippen MR) is 82.1 cm³/mol. The Morgan fingerprint density at radius 3 is 2.05 bits per heavy atom. The Labute approximate surface area is 124 Å². The van der Waals surface area contributed by atoms with Crippen molar-refractivity contribution >= 4 is 11.6 Å². The normalized spacial score (nSPS) is 22.5. The molecule has 1 fully saturated rings. The fourth-order valence-corrected chi connectivity index (χ4v) is 2.60. The number of rotatable bonds is 4. The van der Waals surface area contributed by atoms with Crippen molar-refractivity contribution in [2.24, 2.45) is 5.92 Å². The van der Waals surface area contributed by atoms with Gasteiger partial charge < -0.3 is 10.4 Å². The van der Waals surface area contributed by atoms with Crippen molar-refractivity contribution in [3.8, 4) is 5.75 Å². The summed E-state index contributed by atoms with van der Waals surface area (Å²) >= 11 is 5.97. The van der Waals surface area contributed by atoms with Crippen molar-refractivity contribution in [3.63, 3.8) is 0 Å². The predicted octanol–water partition coefficient (Wildman–Crippen LogP) is 4.13. The van der Waals surface area contributed by atoms with Crippen LogP contribution in [0.25, 0.3) is 0 Å². The Morgan fingerprint density at radius 2 is 1.55 bits per heavy atom. The van der Waals surface area contributed by atoms with Crippen molar-refractivity contribution in [2.45, 2.75) is 25.4 Å². The molecule has 2 aromatic carbocycles. The van der Waals surface area contributed by atoms with E-state index in [1.807, 2.05) is 24.3 Å². The first-order chi connectivity index (χ1) is 9.63. The minimum Gasteiger partial charge on any atom is -0.508 e. The van der Waals surface area contributed by atoms with Crippen molar-refractivity contribution in [1.29, 1.82) is 0 Å². The molecule has 2 aromatic rings. The number of aromatic hydroxyl groups is 1. The molecule has 0 heterocycles. The zero-order valence-corrected chi connectivity index (χ0v) is 12.1. The first-order valence-corrected chi connectivity index (χ1v) is 7.32. The van der Waals surface area contributed by atoms with Crippen molar-refractivity contribution < 1.29 is 5.11 Å². The van der Waals surface area contributed by atoms with Crippen LogP contribution in [0, 0.1) is 5.92 Å². The van der Waals surface area contributed by atoms with E-state index in [4.69, 9.17) is 11.6 Å². The molecule has 0 spiro atoms. The van der Waals surface area contributed by atoms with Gasteiger partial charge in [-0.25, -0.2) is 0 Å². The highest BCUT2D eigenvalue weighted by molar-refractivity contribution is 6.30. The molecule has 1 aliphatic carbocycles. The lowest BCUT2D eigenvalue weighted by molar-refractivity contribution is 0.474. The van der Waals surface area contributed by atoms with Gasteiger partial charge in [0.15, 0.2) is 0 Å². The van der Waals surface area contributed by atoms with Crippen LogP contribution in [-0.2, 0) is 0 Å². The van der Waals surface area contributed by atoms with Gasteiger partial charge in [0, 0.05) is 11.1 Å². The first-order valence-electron chi connectivity index (χ1n) is 6.94. The lowest BCUT2D eigenvalue weighted by atomic mass is 9.98. The number of phenolic OH excluding ortho intramolecular Hbond substituents is 1. The maximum Gasteiger partial charge on any atom is 0.115 e. The average molecular weight is 288 g/mol. The summed E-state index contributed by atoms with van der Waals surface area (Å²) in [6.07, 6.45) is 1.22. The van der Waals surface area contributed by atoms with Crippen LogP contribution < -0.4 is 5.32 Å². The molecule has 1 aliphatic rings. The monoisotopic (exact) mass is 287 g/mol. The van der Waals surface area contributed by atoms with E-state index in [-0.39, 0.29) is 6.04 Å². The third kappa shape index (κ3) is 2.97. The Kier molecular flexibility index (Phi) is 3.68. The van der Waals surface area contributed by atoms with E-state index in [1.54, 1.807) is 12.1 Å². The molecule has 3 unspecified atom stereocenters. The average Bonchev–Trinajstić information content (AvgIpc) is 3.14. The fourth-order valence-electron chi connectivity index (χ4n) is 2.48. The zero-order chi connectivity index (χ0) is 14.1. The quantitative estimate of drug-likeness (QED) is 0.886. The third-order valence-electron chi connectivity index (χ3n) is 3.92. The van der Waals surface area contributed by atoms with E-state index >= 15 is 0 Å². The molecule has 104 valence electrons. The van der Waals surface area contributed by atoms with Crippen molar-refractivity contribution in [3.05, 3.63) is 64.7 Å². The fraction of sp³-hybridized carbons (Fsp3) is 0.294. The van der Waals surface area contributed by atoms with Crippen molar-refractivity contribution in [1.82, 2.24) is 5.32 Å². The van der Waals surface area contributed by atoms with Crippen LogP contribution >= 0.6 is 11.6 Å². The number of phenols is 1. The van der Waals surface area contributed by atoms with Crippen LogP contribution in [0.1, 0.15) is 30.5 Å². The molecule has 2 N–H and O–H groups in total. The molecule has 0 saturated heterocycles. The van der Waals surface area contributed by atoms with E-state index in [1.165, 1.54) is 12.0 Å². The molecule has 3 rings (SSSR count). The highest BCUT2D eigenvalue weighted by atomic mass is 35.5. The van der Waals surface area contributed by atoms with Gasteiger partial charge in [0.05, 0.1) is 6.04 Å². The van der Waals surface area contributed by atoms with Gasteiger partial charge in [-0.05, 0) is 47.7 Å². The number of nitrogens with one attached hydrogen (secondary N) is 1. The van der Waals surface area contributed by atoms with E-state index in [9.17, 15) is 5.11 Å². The van der Waals surface area contributed by atoms with Crippen LogP contribution in [-0.4, -0.2) is 11.1 Å². The molecule has 0 aromatic heterocycles. The van der Waals surface area contributed by atoms with Gasteiger partial charge in [-0.2, -0.15) is 0 Å². The summed E-state index contributed by atoms with van der Waals surface area (Å²) in [5.41, 5.74) is 2.35. The van der Waals surface area contributed by atoms with Gasteiger partial charge in [0.2, 0.25) is 0 Å². The van der Waals surface area contributed by atoms with Gasteiger partial charge in [0.25, 0.3) is 0 Å². The summed E-state index contributed by atoms with van der Waals surface area (Å²) in [7, 11) is 0. The smallest absolute Gasteiger partial charge is 0.115 e. The Morgan fingerprint density at radius 1 is 1.05 bits per heavy atom. The Balaban J connectivity index is 1.90.